The molecule has 0 spiro atoms. The lowest BCUT2D eigenvalue weighted by Gasteiger charge is -2.01. The number of aromatic carboxylic acids is 1. The molecule has 4 heteroatoms. The van der Waals surface area contributed by atoms with E-state index in [0.29, 0.717) is 0 Å². The third-order valence-corrected chi connectivity index (χ3v) is 1.44. The van der Waals surface area contributed by atoms with Gasteiger partial charge in [0.2, 0.25) is 0 Å². The smallest absolute Gasteiger partial charge is 0.141 e. The Morgan fingerprint density at radius 2 is 2.18 bits per heavy atom. The van der Waals surface area contributed by atoms with Gasteiger partial charge in [0.1, 0.15) is 5.82 Å². The Labute approximate surface area is 67.2 Å². The topological polar surface area (TPSA) is 40.1 Å². The molecule has 0 bridgehead atoms. The van der Waals surface area contributed by atoms with E-state index >= 15 is 0 Å². The molecule has 0 aliphatic rings. The molecule has 11 heavy (non-hydrogen) atoms. The van der Waals surface area contributed by atoms with Crippen LogP contribution in [0.2, 0.25) is 5.02 Å². The highest BCUT2D eigenvalue weighted by atomic mass is 35.5. The minimum Gasteiger partial charge on any atom is -0.545 e. The Hall–Kier alpha value is -1.09. The third kappa shape index (κ3) is 1.68. The quantitative estimate of drug-likeness (QED) is 0.632. The van der Waals surface area contributed by atoms with Crippen molar-refractivity contribution >= 4 is 17.6 Å². The first kappa shape index (κ1) is 8.01. The number of halogens is 2. The summed E-state index contributed by atoms with van der Waals surface area (Å²) in [7, 11) is 0. The summed E-state index contributed by atoms with van der Waals surface area (Å²) in [5.41, 5.74) is -0.128. The van der Waals surface area contributed by atoms with Gasteiger partial charge in [-0.25, -0.2) is 4.39 Å². The lowest BCUT2D eigenvalue weighted by molar-refractivity contribution is -0.255. The number of benzene rings is 1. The van der Waals surface area contributed by atoms with Crippen molar-refractivity contribution in [3.8, 4) is 0 Å². The molecular formula is C7H3ClFO2-. The van der Waals surface area contributed by atoms with Gasteiger partial charge in [-0.05, 0) is 17.7 Å². The van der Waals surface area contributed by atoms with E-state index in [0.717, 1.165) is 18.2 Å². The highest BCUT2D eigenvalue weighted by molar-refractivity contribution is 6.31. The first-order valence-corrected chi connectivity index (χ1v) is 3.15. The van der Waals surface area contributed by atoms with Gasteiger partial charge >= 0.3 is 0 Å². The zero-order valence-corrected chi connectivity index (χ0v) is 6.06. The van der Waals surface area contributed by atoms with Crippen LogP contribution in [0.5, 0.6) is 0 Å². The fourth-order valence-electron chi connectivity index (χ4n) is 0.623. The highest BCUT2D eigenvalue weighted by Gasteiger charge is 2.00. The van der Waals surface area contributed by atoms with E-state index in [4.69, 9.17) is 11.6 Å². The minimum atomic E-state index is -1.37. The molecular weight excluding hydrogens is 171 g/mol. The van der Waals surface area contributed by atoms with E-state index in [1.807, 2.05) is 0 Å². The summed E-state index contributed by atoms with van der Waals surface area (Å²) in [5.74, 6) is -2.01. The second kappa shape index (κ2) is 2.88. The molecule has 1 aromatic rings. The maximum Gasteiger partial charge on any atom is 0.141 e. The fourth-order valence-corrected chi connectivity index (χ4v) is 0.804. The monoisotopic (exact) mass is 173 g/mol. The molecule has 0 aliphatic carbocycles. The van der Waals surface area contributed by atoms with Crippen LogP contribution in [-0.4, -0.2) is 5.97 Å². The van der Waals surface area contributed by atoms with Crippen molar-refractivity contribution in [3.63, 3.8) is 0 Å². The fraction of sp³-hybridized carbons (Fsp3) is 0. The average Bonchev–Trinajstić information content (AvgIpc) is 1.94. The largest absolute Gasteiger partial charge is 0.545 e. The molecule has 0 aliphatic heterocycles. The van der Waals surface area contributed by atoms with Gasteiger partial charge in [-0.3, -0.25) is 0 Å². The van der Waals surface area contributed by atoms with Crippen LogP contribution in [0, 0.1) is 5.82 Å². The summed E-state index contributed by atoms with van der Waals surface area (Å²) in [6.07, 6.45) is 0. The maximum atomic E-state index is 12.4. The van der Waals surface area contributed by atoms with Crippen LogP contribution in [0.15, 0.2) is 18.2 Å². The van der Waals surface area contributed by atoms with Gasteiger partial charge in [-0.2, -0.15) is 0 Å². The van der Waals surface area contributed by atoms with Gasteiger partial charge in [-0.1, -0.05) is 17.7 Å². The van der Waals surface area contributed by atoms with Crippen molar-refractivity contribution in [1.29, 1.82) is 0 Å². The number of carboxylic acids is 1. The third-order valence-electron chi connectivity index (χ3n) is 1.16. The van der Waals surface area contributed by atoms with Crippen molar-refractivity contribution in [1.82, 2.24) is 0 Å². The van der Waals surface area contributed by atoms with Crippen LogP contribution in [-0.2, 0) is 0 Å². The minimum absolute atomic E-state index is 0.128. The number of hydrogen-bond donors (Lipinski definition) is 0. The zero-order chi connectivity index (χ0) is 8.43. The van der Waals surface area contributed by atoms with E-state index in [2.05, 4.69) is 0 Å². The van der Waals surface area contributed by atoms with Crippen molar-refractivity contribution in [2.45, 2.75) is 0 Å². The molecule has 0 radical (unpaired) electrons. The number of hydrogen-bond acceptors (Lipinski definition) is 2. The van der Waals surface area contributed by atoms with Gasteiger partial charge in [0.05, 0.1) is 11.0 Å². The SMILES string of the molecule is O=C([O-])c1ccc(F)c(Cl)c1. The normalized spacial score (nSPS) is 9.64. The van der Waals surface area contributed by atoms with E-state index in [1.54, 1.807) is 0 Å². The summed E-state index contributed by atoms with van der Waals surface area (Å²) < 4.78 is 12.4. The molecule has 0 atom stereocenters. The Balaban J connectivity index is 3.15. The summed E-state index contributed by atoms with van der Waals surface area (Å²) in [4.78, 5) is 10.2. The van der Waals surface area contributed by atoms with Crippen LogP contribution in [0.1, 0.15) is 10.4 Å². The standard InChI is InChI=1S/C7H4ClFO2/c8-5-3-4(7(10)11)1-2-6(5)9/h1-3H,(H,10,11)/p-1. The van der Waals surface area contributed by atoms with Crippen LogP contribution >= 0.6 is 11.6 Å². The van der Waals surface area contributed by atoms with Gasteiger partial charge < -0.3 is 9.90 Å². The number of rotatable bonds is 1. The van der Waals surface area contributed by atoms with E-state index in [1.165, 1.54) is 0 Å². The summed E-state index contributed by atoms with van der Waals surface area (Å²) in [6.45, 7) is 0. The van der Waals surface area contributed by atoms with Crippen molar-refractivity contribution < 1.29 is 14.3 Å². The summed E-state index contributed by atoms with van der Waals surface area (Å²) >= 11 is 5.29. The van der Waals surface area contributed by atoms with E-state index in [9.17, 15) is 14.3 Å². The Morgan fingerprint density at radius 3 is 2.64 bits per heavy atom. The molecule has 0 N–H and O–H groups in total. The molecule has 0 fully saturated rings. The molecule has 58 valence electrons. The molecule has 0 aromatic heterocycles. The van der Waals surface area contributed by atoms with Gasteiger partial charge in [0.25, 0.3) is 0 Å². The number of carboxylic acid groups (broad SMARTS) is 1. The van der Waals surface area contributed by atoms with Gasteiger partial charge in [0.15, 0.2) is 0 Å². The van der Waals surface area contributed by atoms with Crippen molar-refractivity contribution in [3.05, 3.63) is 34.6 Å². The Bertz CT molecular complexity index is 298. The molecule has 0 amide bonds. The molecule has 0 heterocycles. The average molecular weight is 174 g/mol. The molecule has 0 saturated carbocycles. The van der Waals surface area contributed by atoms with Crippen LogP contribution in [0.3, 0.4) is 0 Å². The predicted molar refractivity (Wildman–Crippen MR) is 35.7 cm³/mol. The van der Waals surface area contributed by atoms with E-state index < -0.39 is 11.8 Å². The lowest BCUT2D eigenvalue weighted by Crippen LogP contribution is -2.22. The van der Waals surface area contributed by atoms with E-state index in [-0.39, 0.29) is 10.6 Å². The van der Waals surface area contributed by atoms with Gasteiger partial charge in [0, 0.05) is 0 Å². The lowest BCUT2D eigenvalue weighted by atomic mass is 10.2. The number of carbonyl (C=O) groups is 1. The second-order valence-corrected chi connectivity index (χ2v) is 2.32. The molecule has 1 rings (SSSR count). The maximum absolute atomic E-state index is 12.4. The van der Waals surface area contributed by atoms with Crippen LogP contribution in [0.4, 0.5) is 4.39 Å². The molecule has 0 unspecified atom stereocenters. The summed E-state index contributed by atoms with van der Waals surface area (Å²) in [6, 6.07) is 3.08. The van der Waals surface area contributed by atoms with Gasteiger partial charge in [-0.15, -0.1) is 0 Å². The Kier molecular flexibility index (Phi) is 2.10. The second-order valence-electron chi connectivity index (χ2n) is 1.92. The predicted octanol–water partition coefficient (Wildman–Crippen LogP) is 0.843. The molecule has 2 nitrogen and oxygen atoms in total. The van der Waals surface area contributed by atoms with Crippen LogP contribution < -0.4 is 5.11 Å². The summed E-state index contributed by atoms with van der Waals surface area (Å²) in [5, 5.41) is 9.96. The highest BCUT2D eigenvalue weighted by Crippen LogP contribution is 2.15. The van der Waals surface area contributed by atoms with Crippen LogP contribution in [0.25, 0.3) is 0 Å². The molecule has 0 saturated heterocycles. The first-order chi connectivity index (χ1) is 5.11. The van der Waals surface area contributed by atoms with Crippen molar-refractivity contribution in [2.24, 2.45) is 0 Å². The molecule has 1 aromatic carbocycles. The zero-order valence-electron chi connectivity index (χ0n) is 5.30. The Morgan fingerprint density at radius 1 is 1.55 bits per heavy atom. The first-order valence-electron chi connectivity index (χ1n) is 2.77. The number of carbonyl (C=O) groups excluding carboxylic acids is 1. The van der Waals surface area contributed by atoms with Crippen molar-refractivity contribution in [2.75, 3.05) is 0 Å².